The van der Waals surface area contributed by atoms with Gasteiger partial charge in [0.2, 0.25) is 0 Å². The molecule has 2 aromatic rings. The molecule has 4 heteroatoms. The fraction of sp³-hybridized carbons (Fsp3) is 0.250. The molecule has 3 nitrogen and oxygen atoms in total. The van der Waals surface area contributed by atoms with Crippen LogP contribution in [0.5, 0.6) is 11.5 Å². The number of aliphatic hydroxyl groups is 1. The van der Waals surface area contributed by atoms with Crippen LogP contribution in [0, 0.1) is 0 Å². The molecule has 0 aromatic heterocycles. The first kappa shape index (κ1) is 13.5. The SMILES string of the molecule is COc1cccc([C@@H]2Oc3ccc(Br)cc3C[C@H]2O)c1. The van der Waals surface area contributed by atoms with Gasteiger partial charge in [0, 0.05) is 10.9 Å². The molecular formula is C16H15BrO3. The summed E-state index contributed by atoms with van der Waals surface area (Å²) < 4.78 is 12.2. The van der Waals surface area contributed by atoms with Crippen molar-refractivity contribution >= 4 is 15.9 Å². The van der Waals surface area contributed by atoms with Crippen LogP contribution < -0.4 is 9.47 Å². The summed E-state index contributed by atoms with van der Waals surface area (Å²) in [5.41, 5.74) is 1.94. The average molecular weight is 335 g/mol. The normalized spacial score (nSPS) is 20.9. The highest BCUT2D eigenvalue weighted by Crippen LogP contribution is 2.37. The maximum atomic E-state index is 10.3. The van der Waals surface area contributed by atoms with Gasteiger partial charge in [-0.3, -0.25) is 0 Å². The molecule has 2 aromatic carbocycles. The molecule has 0 radical (unpaired) electrons. The van der Waals surface area contributed by atoms with Gasteiger partial charge in [0.15, 0.2) is 0 Å². The zero-order valence-electron chi connectivity index (χ0n) is 11.0. The van der Waals surface area contributed by atoms with Gasteiger partial charge in [0.25, 0.3) is 0 Å². The molecule has 1 heterocycles. The van der Waals surface area contributed by atoms with Gasteiger partial charge >= 0.3 is 0 Å². The Labute approximate surface area is 126 Å². The van der Waals surface area contributed by atoms with E-state index < -0.39 is 6.10 Å². The molecule has 2 atom stereocenters. The first-order chi connectivity index (χ1) is 9.67. The number of hydrogen-bond acceptors (Lipinski definition) is 3. The maximum absolute atomic E-state index is 10.3. The molecule has 0 aliphatic carbocycles. The summed E-state index contributed by atoms with van der Waals surface area (Å²) in [6.45, 7) is 0. The number of ether oxygens (including phenoxy) is 2. The lowest BCUT2D eigenvalue weighted by molar-refractivity contribution is 0.0207. The third kappa shape index (κ3) is 2.53. The van der Waals surface area contributed by atoms with Gasteiger partial charge in [0.05, 0.1) is 13.2 Å². The van der Waals surface area contributed by atoms with Crippen LogP contribution in [0.15, 0.2) is 46.9 Å². The van der Waals surface area contributed by atoms with Gasteiger partial charge < -0.3 is 14.6 Å². The van der Waals surface area contributed by atoms with Crippen LogP contribution in [0.3, 0.4) is 0 Å². The molecule has 0 fully saturated rings. The van der Waals surface area contributed by atoms with E-state index in [9.17, 15) is 5.11 Å². The summed E-state index contributed by atoms with van der Waals surface area (Å²) >= 11 is 3.44. The molecule has 0 saturated carbocycles. The molecule has 20 heavy (non-hydrogen) atoms. The van der Waals surface area contributed by atoms with E-state index >= 15 is 0 Å². The Morgan fingerprint density at radius 1 is 1.25 bits per heavy atom. The van der Waals surface area contributed by atoms with E-state index in [0.717, 1.165) is 27.1 Å². The fourth-order valence-corrected chi connectivity index (χ4v) is 2.89. The quantitative estimate of drug-likeness (QED) is 0.913. The summed E-state index contributed by atoms with van der Waals surface area (Å²) in [5.74, 6) is 1.59. The van der Waals surface area contributed by atoms with E-state index in [1.807, 2.05) is 42.5 Å². The smallest absolute Gasteiger partial charge is 0.150 e. The summed E-state index contributed by atoms with van der Waals surface area (Å²) in [6, 6.07) is 13.5. The third-order valence-corrected chi connectivity index (χ3v) is 3.97. The molecule has 0 spiro atoms. The Kier molecular flexibility index (Phi) is 3.68. The van der Waals surface area contributed by atoms with E-state index in [4.69, 9.17) is 9.47 Å². The van der Waals surface area contributed by atoms with Crippen molar-refractivity contribution in [1.82, 2.24) is 0 Å². The van der Waals surface area contributed by atoms with E-state index in [-0.39, 0.29) is 6.10 Å². The number of hydrogen-bond donors (Lipinski definition) is 1. The second-order valence-electron chi connectivity index (χ2n) is 4.84. The molecule has 1 N–H and O–H groups in total. The van der Waals surface area contributed by atoms with Gasteiger partial charge in [-0.05, 0) is 41.5 Å². The van der Waals surface area contributed by atoms with Crippen molar-refractivity contribution in [2.45, 2.75) is 18.6 Å². The highest BCUT2D eigenvalue weighted by atomic mass is 79.9. The van der Waals surface area contributed by atoms with E-state index in [2.05, 4.69) is 15.9 Å². The number of aliphatic hydroxyl groups excluding tert-OH is 1. The highest BCUT2D eigenvalue weighted by molar-refractivity contribution is 9.10. The molecule has 0 bridgehead atoms. The Balaban J connectivity index is 1.93. The van der Waals surface area contributed by atoms with Crippen molar-refractivity contribution in [3.63, 3.8) is 0 Å². The minimum atomic E-state index is -0.566. The zero-order chi connectivity index (χ0) is 14.1. The molecule has 3 rings (SSSR count). The maximum Gasteiger partial charge on any atom is 0.150 e. The van der Waals surface area contributed by atoms with E-state index in [1.165, 1.54) is 0 Å². The third-order valence-electron chi connectivity index (χ3n) is 3.48. The molecule has 0 unspecified atom stereocenters. The Bertz CT molecular complexity index is 627. The van der Waals surface area contributed by atoms with Crippen LogP contribution in [-0.2, 0) is 6.42 Å². The number of benzene rings is 2. The van der Waals surface area contributed by atoms with Gasteiger partial charge in [-0.1, -0.05) is 28.1 Å². The molecule has 1 aliphatic heterocycles. The molecule has 104 valence electrons. The fourth-order valence-electron chi connectivity index (χ4n) is 2.48. The number of halogens is 1. The van der Waals surface area contributed by atoms with E-state index in [1.54, 1.807) is 7.11 Å². The zero-order valence-corrected chi connectivity index (χ0v) is 12.6. The Morgan fingerprint density at radius 3 is 2.90 bits per heavy atom. The summed E-state index contributed by atoms with van der Waals surface area (Å²) in [4.78, 5) is 0. The molecule has 0 amide bonds. The van der Waals surface area contributed by atoms with Crippen molar-refractivity contribution in [3.8, 4) is 11.5 Å². The molecule has 0 saturated heterocycles. The average Bonchev–Trinajstić information content (AvgIpc) is 2.46. The largest absolute Gasteiger partial charge is 0.497 e. The van der Waals surface area contributed by atoms with Crippen LogP contribution in [0.1, 0.15) is 17.2 Å². The standard InChI is InChI=1S/C16H15BrO3/c1-19-13-4-2-3-10(8-13)16-14(18)9-11-7-12(17)5-6-15(11)20-16/h2-8,14,16,18H,9H2,1H3/t14-,16+/m1/s1. The van der Waals surface area contributed by atoms with Gasteiger partial charge in [-0.2, -0.15) is 0 Å². The Hall–Kier alpha value is -1.52. The van der Waals surface area contributed by atoms with Crippen molar-refractivity contribution < 1.29 is 14.6 Å². The summed E-state index contributed by atoms with van der Waals surface area (Å²) in [5, 5.41) is 10.3. The summed E-state index contributed by atoms with van der Waals surface area (Å²) in [6.07, 6.45) is -0.348. The van der Waals surface area contributed by atoms with Crippen LogP contribution in [0.2, 0.25) is 0 Å². The van der Waals surface area contributed by atoms with Crippen molar-refractivity contribution in [2.75, 3.05) is 7.11 Å². The van der Waals surface area contributed by atoms with Gasteiger partial charge in [-0.15, -0.1) is 0 Å². The number of rotatable bonds is 2. The lowest BCUT2D eigenvalue weighted by atomic mass is 9.95. The van der Waals surface area contributed by atoms with E-state index in [0.29, 0.717) is 6.42 Å². The van der Waals surface area contributed by atoms with Crippen LogP contribution in [-0.4, -0.2) is 18.3 Å². The van der Waals surface area contributed by atoms with Gasteiger partial charge in [-0.25, -0.2) is 0 Å². The van der Waals surface area contributed by atoms with Crippen molar-refractivity contribution in [1.29, 1.82) is 0 Å². The van der Waals surface area contributed by atoms with Gasteiger partial charge in [0.1, 0.15) is 17.6 Å². The monoisotopic (exact) mass is 334 g/mol. The predicted molar refractivity (Wildman–Crippen MR) is 80.2 cm³/mol. The number of methoxy groups -OCH3 is 1. The second-order valence-corrected chi connectivity index (χ2v) is 5.75. The minimum Gasteiger partial charge on any atom is -0.497 e. The van der Waals surface area contributed by atoms with Crippen LogP contribution in [0.25, 0.3) is 0 Å². The number of fused-ring (bicyclic) bond motifs is 1. The van der Waals surface area contributed by atoms with Crippen molar-refractivity contribution in [3.05, 3.63) is 58.1 Å². The topological polar surface area (TPSA) is 38.7 Å². The summed E-state index contributed by atoms with van der Waals surface area (Å²) in [7, 11) is 1.63. The first-order valence-corrected chi connectivity index (χ1v) is 7.24. The lowest BCUT2D eigenvalue weighted by Gasteiger charge is -2.31. The molecule has 1 aliphatic rings. The van der Waals surface area contributed by atoms with Crippen LogP contribution >= 0.6 is 15.9 Å². The molecular weight excluding hydrogens is 320 g/mol. The minimum absolute atomic E-state index is 0.362. The highest BCUT2D eigenvalue weighted by Gasteiger charge is 2.30. The van der Waals surface area contributed by atoms with Crippen molar-refractivity contribution in [2.24, 2.45) is 0 Å². The van der Waals surface area contributed by atoms with Crippen LogP contribution in [0.4, 0.5) is 0 Å². The first-order valence-electron chi connectivity index (χ1n) is 6.44. The lowest BCUT2D eigenvalue weighted by Crippen LogP contribution is -2.30. The second kappa shape index (κ2) is 5.46. The Morgan fingerprint density at radius 2 is 2.10 bits per heavy atom. The predicted octanol–water partition coefficient (Wildman–Crippen LogP) is 3.49.